The van der Waals surface area contributed by atoms with Crippen LogP contribution < -0.4 is 15.6 Å². The lowest BCUT2D eigenvalue weighted by Gasteiger charge is -2.20. The van der Waals surface area contributed by atoms with E-state index in [1.54, 1.807) is 24.3 Å². The van der Waals surface area contributed by atoms with Crippen LogP contribution in [-0.2, 0) is 24.9 Å². The van der Waals surface area contributed by atoms with Gasteiger partial charge in [0.1, 0.15) is 18.9 Å². The minimum absolute atomic E-state index is 0.0874. The zero-order valence-electron chi connectivity index (χ0n) is 15.6. The van der Waals surface area contributed by atoms with Gasteiger partial charge in [0.2, 0.25) is 0 Å². The first-order chi connectivity index (χ1) is 13.7. The van der Waals surface area contributed by atoms with Crippen LogP contribution >= 0.6 is 15.9 Å². The molecule has 1 aromatic heterocycles. The van der Waals surface area contributed by atoms with Crippen LogP contribution in [0, 0.1) is 0 Å². The molecule has 0 bridgehead atoms. The van der Waals surface area contributed by atoms with E-state index in [4.69, 9.17) is 9.47 Å². The fourth-order valence-corrected chi connectivity index (χ4v) is 3.18. The Hall–Kier alpha value is -2.88. The molecule has 0 aliphatic heterocycles. The number of halogens is 3. The maximum atomic E-state index is 14.6. The molecule has 7 nitrogen and oxygen atoms in total. The third kappa shape index (κ3) is 4.76. The quantitative estimate of drug-likeness (QED) is 0.598. The lowest BCUT2D eigenvalue weighted by atomic mass is 10.2. The van der Waals surface area contributed by atoms with E-state index in [9.17, 15) is 18.4 Å². The van der Waals surface area contributed by atoms with Crippen LogP contribution in [0.5, 0.6) is 5.75 Å². The number of hydrogen-bond acceptors (Lipinski definition) is 4. The average Bonchev–Trinajstić information content (AvgIpc) is 2.90. The zero-order valence-corrected chi connectivity index (χ0v) is 17.2. The number of nitrogens with one attached hydrogen (secondary N) is 1. The predicted octanol–water partition coefficient (Wildman–Crippen LogP) is 3.63. The van der Waals surface area contributed by atoms with Gasteiger partial charge in [0.15, 0.2) is 0 Å². The van der Waals surface area contributed by atoms with Crippen molar-refractivity contribution in [2.75, 3.05) is 7.05 Å². The van der Waals surface area contributed by atoms with Gasteiger partial charge in [-0.05, 0) is 35.9 Å². The first kappa shape index (κ1) is 20.8. The van der Waals surface area contributed by atoms with Crippen molar-refractivity contribution < 1.29 is 23.0 Å². The first-order valence-electron chi connectivity index (χ1n) is 8.55. The largest absolute Gasteiger partial charge is 0.445 e. The van der Waals surface area contributed by atoms with Crippen molar-refractivity contribution in [3.63, 3.8) is 0 Å². The van der Waals surface area contributed by atoms with Gasteiger partial charge in [0.05, 0.1) is 10.9 Å². The van der Waals surface area contributed by atoms with Crippen LogP contribution in [0.2, 0.25) is 0 Å². The van der Waals surface area contributed by atoms with Crippen LogP contribution in [0.15, 0.2) is 51.7 Å². The predicted molar refractivity (Wildman–Crippen MR) is 106 cm³/mol. The third-order valence-corrected chi connectivity index (χ3v) is 4.69. The highest BCUT2D eigenvalue weighted by Crippen LogP contribution is 2.26. The molecular weight excluding hydrogens is 452 g/mol. The lowest BCUT2D eigenvalue weighted by Crippen LogP contribution is -2.34. The highest BCUT2D eigenvalue weighted by Gasteiger charge is 2.34. The number of fused-ring (bicyclic) bond motifs is 1. The summed E-state index contributed by atoms with van der Waals surface area (Å²) < 4.78 is 42.0. The molecule has 0 unspecified atom stereocenters. The normalized spacial score (nSPS) is 11.5. The Morgan fingerprint density at radius 2 is 2.00 bits per heavy atom. The Morgan fingerprint density at radius 1 is 1.24 bits per heavy atom. The number of hydrogen-bond donors (Lipinski definition) is 1. The molecule has 29 heavy (non-hydrogen) atoms. The van der Waals surface area contributed by atoms with E-state index in [1.807, 2.05) is 0 Å². The Kier molecular flexibility index (Phi) is 5.92. The summed E-state index contributed by atoms with van der Waals surface area (Å²) in [4.78, 5) is 23.4. The second-order valence-corrected chi connectivity index (χ2v) is 7.18. The van der Waals surface area contributed by atoms with Crippen molar-refractivity contribution in [3.8, 4) is 5.75 Å². The monoisotopic (exact) mass is 469 g/mol. The summed E-state index contributed by atoms with van der Waals surface area (Å²) in [7, 11) is 2.84. The maximum absolute atomic E-state index is 14.6. The second-order valence-electron chi connectivity index (χ2n) is 6.26. The Morgan fingerprint density at radius 3 is 2.72 bits per heavy atom. The van der Waals surface area contributed by atoms with E-state index in [0.29, 0.717) is 20.9 Å². The smallest absolute Gasteiger partial charge is 0.417 e. The molecule has 0 radical (unpaired) electrons. The molecule has 0 spiro atoms. The number of ether oxygens (including phenoxy) is 2. The Balaban J connectivity index is 1.82. The summed E-state index contributed by atoms with van der Waals surface area (Å²) in [6, 6.07) is 10.7. The van der Waals surface area contributed by atoms with Crippen LogP contribution in [-0.4, -0.2) is 28.6 Å². The van der Waals surface area contributed by atoms with E-state index in [1.165, 1.54) is 37.0 Å². The molecule has 0 atom stereocenters. The Bertz CT molecular complexity index is 1110. The summed E-state index contributed by atoms with van der Waals surface area (Å²) in [6.45, 7) is -0.953. The van der Waals surface area contributed by atoms with Crippen molar-refractivity contribution in [3.05, 3.63) is 62.9 Å². The molecule has 0 fully saturated rings. The molecule has 0 saturated heterocycles. The highest BCUT2D eigenvalue weighted by atomic mass is 79.9. The summed E-state index contributed by atoms with van der Waals surface area (Å²) in [5, 5.41) is 2.63. The minimum atomic E-state index is -3.60. The third-order valence-electron chi connectivity index (χ3n) is 4.20. The van der Waals surface area contributed by atoms with Gasteiger partial charge in [-0.15, -0.1) is 0 Å². The van der Waals surface area contributed by atoms with Crippen LogP contribution in [0.25, 0.3) is 10.9 Å². The summed E-state index contributed by atoms with van der Waals surface area (Å²) >= 11 is 3.29. The average molecular weight is 470 g/mol. The van der Waals surface area contributed by atoms with Crippen molar-refractivity contribution >= 4 is 32.9 Å². The van der Waals surface area contributed by atoms with E-state index in [0.717, 1.165) is 4.68 Å². The van der Waals surface area contributed by atoms with E-state index >= 15 is 0 Å². The van der Waals surface area contributed by atoms with Gasteiger partial charge in [0.25, 0.3) is 5.56 Å². The summed E-state index contributed by atoms with van der Waals surface area (Å²) in [6.07, 6.45) is -4.23. The summed E-state index contributed by atoms with van der Waals surface area (Å²) in [5.74, 6) is -0.0874. The first-order valence-corrected chi connectivity index (χ1v) is 9.35. The fraction of sp³-hybridized carbons (Fsp3) is 0.263. The Labute approximate surface area is 172 Å². The standard InChI is InChI=1S/C19H18BrF2N3O4/c1-23-18(27)28-10-12-4-3-5-14(8-12)29-19(21,22)11-25-16-9-13(20)6-7-15(16)17(26)24(25)2/h3-9H,10-11H2,1-2H3,(H,23,27). The van der Waals surface area contributed by atoms with Crippen molar-refractivity contribution in [1.29, 1.82) is 0 Å². The fourth-order valence-electron chi connectivity index (χ4n) is 2.83. The van der Waals surface area contributed by atoms with Crippen molar-refractivity contribution in [2.45, 2.75) is 19.3 Å². The number of amides is 1. The molecule has 3 rings (SSSR count). The van der Waals surface area contributed by atoms with Crippen molar-refractivity contribution in [2.24, 2.45) is 7.05 Å². The molecule has 1 heterocycles. The molecule has 3 aromatic rings. The molecule has 1 N–H and O–H groups in total. The van der Waals surface area contributed by atoms with E-state index < -0.39 is 18.7 Å². The van der Waals surface area contributed by atoms with Gasteiger partial charge in [-0.25, -0.2) is 4.79 Å². The molecular formula is C19H18BrF2N3O4. The number of alkyl halides is 2. The van der Waals surface area contributed by atoms with Crippen molar-refractivity contribution in [1.82, 2.24) is 14.7 Å². The second kappa shape index (κ2) is 8.24. The molecule has 1 amide bonds. The summed E-state index contributed by atoms with van der Waals surface area (Å²) in [5.41, 5.74) is 0.476. The molecule has 10 heteroatoms. The van der Waals surface area contributed by atoms with Gasteiger partial charge in [-0.2, -0.15) is 8.78 Å². The highest BCUT2D eigenvalue weighted by molar-refractivity contribution is 9.10. The molecule has 0 aliphatic rings. The van der Waals surface area contributed by atoms with Gasteiger partial charge in [-0.3, -0.25) is 14.2 Å². The lowest BCUT2D eigenvalue weighted by molar-refractivity contribution is -0.188. The minimum Gasteiger partial charge on any atom is -0.445 e. The SMILES string of the molecule is CNC(=O)OCc1cccc(OC(F)(F)Cn2c3cc(Br)ccc3c(=O)n2C)c1. The van der Waals surface area contributed by atoms with Gasteiger partial charge in [-0.1, -0.05) is 28.1 Å². The molecule has 0 saturated carbocycles. The van der Waals surface area contributed by atoms with E-state index in [2.05, 4.69) is 21.2 Å². The number of carbonyl (C=O) groups is 1. The zero-order chi connectivity index (χ0) is 21.2. The van der Waals surface area contributed by atoms with Crippen LogP contribution in [0.4, 0.5) is 13.6 Å². The van der Waals surface area contributed by atoms with Crippen LogP contribution in [0.1, 0.15) is 5.56 Å². The molecule has 2 aromatic carbocycles. The number of nitrogens with zero attached hydrogens (tertiary/aromatic N) is 2. The number of benzene rings is 2. The number of aromatic nitrogens is 2. The topological polar surface area (TPSA) is 74.5 Å². The maximum Gasteiger partial charge on any atom is 0.417 e. The van der Waals surface area contributed by atoms with Crippen LogP contribution in [0.3, 0.4) is 0 Å². The van der Waals surface area contributed by atoms with Gasteiger partial charge in [0, 0.05) is 18.6 Å². The number of carbonyl (C=O) groups excluding carboxylic acids is 1. The molecule has 0 aliphatic carbocycles. The van der Waals surface area contributed by atoms with Gasteiger partial charge < -0.3 is 14.8 Å². The number of rotatable bonds is 6. The molecule has 154 valence electrons. The van der Waals surface area contributed by atoms with E-state index in [-0.39, 0.29) is 17.9 Å². The van der Waals surface area contributed by atoms with Gasteiger partial charge >= 0.3 is 12.2 Å². The number of alkyl carbamates (subject to hydrolysis) is 1.